The largest absolute Gasteiger partial charge is 0.494 e. The van der Waals surface area contributed by atoms with Crippen LogP contribution in [0.5, 0.6) is 0 Å². The van der Waals surface area contributed by atoms with E-state index in [2.05, 4.69) is 13.5 Å². The highest BCUT2D eigenvalue weighted by atomic mass is 32.2. The number of hydrogen-bond donors (Lipinski definition) is 3. The lowest BCUT2D eigenvalue weighted by Gasteiger charge is -2.30. The van der Waals surface area contributed by atoms with Gasteiger partial charge in [0, 0.05) is 12.2 Å². The molecular formula is C23H37NO4S. The zero-order valence-corrected chi connectivity index (χ0v) is 18.5. The second-order valence-electron chi connectivity index (χ2n) is 8.47. The molecule has 4 N–H and O–H groups in total. The lowest BCUT2D eigenvalue weighted by Crippen LogP contribution is -2.55. The van der Waals surface area contributed by atoms with Crippen molar-refractivity contribution in [3.63, 3.8) is 0 Å². The highest BCUT2D eigenvalue weighted by molar-refractivity contribution is 7.99. The highest BCUT2D eigenvalue weighted by Gasteiger charge is 2.42. The Kier molecular flexibility index (Phi) is 9.80. The molecule has 0 bridgehead atoms. The number of allylic oxidation sites excluding steroid dienone is 3. The Balaban J connectivity index is 1.95. The minimum absolute atomic E-state index is 0.120. The van der Waals surface area contributed by atoms with E-state index >= 15 is 0 Å². The van der Waals surface area contributed by atoms with Gasteiger partial charge in [0.25, 0.3) is 0 Å². The van der Waals surface area contributed by atoms with Crippen LogP contribution in [0, 0.1) is 11.8 Å². The maximum Gasteiger partial charge on any atom is 0.337 e. The average Bonchev–Trinajstić information content (AvgIpc) is 3.56. The molecule has 0 heterocycles. The first-order valence-corrected chi connectivity index (χ1v) is 12.0. The lowest BCUT2D eigenvalue weighted by molar-refractivity contribution is -0.160. The van der Waals surface area contributed by atoms with E-state index in [1.165, 1.54) is 25.7 Å². The number of rotatable bonds is 16. The van der Waals surface area contributed by atoms with Gasteiger partial charge in [-0.1, -0.05) is 38.8 Å². The molecule has 2 rings (SSSR count). The third kappa shape index (κ3) is 8.97. The summed E-state index contributed by atoms with van der Waals surface area (Å²) in [4.78, 5) is 11.8. The molecule has 6 heteroatoms. The van der Waals surface area contributed by atoms with E-state index in [4.69, 9.17) is 10.5 Å². The van der Waals surface area contributed by atoms with Crippen LogP contribution in [0.4, 0.5) is 0 Å². The fourth-order valence-electron chi connectivity index (χ4n) is 3.00. The Labute approximate surface area is 179 Å². The number of carboxylic acid groups (broad SMARTS) is 1. The van der Waals surface area contributed by atoms with Crippen LogP contribution in [0.25, 0.3) is 0 Å². The standard InChI is InChI=1S/C23H37NO4S/c1-3-4-5-6-20(28-12-11-18-7-8-18)13-17(2)14-23(27,22(25)26)21(24)16-29-15-19-9-10-19/h5-6,13,18-19,21,27H,2-4,7-12,14-16,24H2,1H3,(H,25,26)/b6-5-,20-13+. The molecule has 2 fully saturated rings. The Morgan fingerprint density at radius 3 is 2.62 bits per heavy atom. The molecule has 164 valence electrons. The first-order valence-electron chi connectivity index (χ1n) is 10.8. The monoisotopic (exact) mass is 423 g/mol. The second-order valence-corrected chi connectivity index (χ2v) is 9.54. The van der Waals surface area contributed by atoms with Crippen molar-refractivity contribution in [1.82, 2.24) is 0 Å². The molecule has 2 saturated carbocycles. The Morgan fingerprint density at radius 1 is 1.34 bits per heavy atom. The number of carbonyl (C=O) groups is 1. The minimum atomic E-state index is -2.03. The Bertz CT molecular complexity index is 610. The van der Waals surface area contributed by atoms with Gasteiger partial charge in [0.15, 0.2) is 5.60 Å². The number of nitrogens with two attached hydrogens (primary N) is 1. The van der Waals surface area contributed by atoms with Gasteiger partial charge in [-0.25, -0.2) is 4.79 Å². The predicted octanol–water partition coefficient (Wildman–Crippen LogP) is 4.28. The summed E-state index contributed by atoms with van der Waals surface area (Å²) in [7, 11) is 0. The van der Waals surface area contributed by atoms with Crippen molar-refractivity contribution in [2.45, 2.75) is 69.9 Å². The summed E-state index contributed by atoms with van der Waals surface area (Å²) in [6, 6.07) is -0.858. The molecule has 2 aliphatic carbocycles. The van der Waals surface area contributed by atoms with E-state index in [1.54, 1.807) is 17.8 Å². The molecule has 2 atom stereocenters. The Morgan fingerprint density at radius 2 is 2.03 bits per heavy atom. The molecule has 2 aliphatic rings. The van der Waals surface area contributed by atoms with Crippen LogP contribution in [0.15, 0.2) is 36.1 Å². The van der Waals surface area contributed by atoms with Crippen molar-refractivity contribution in [3.05, 3.63) is 36.1 Å². The van der Waals surface area contributed by atoms with Crippen LogP contribution in [0.1, 0.15) is 58.3 Å². The lowest BCUT2D eigenvalue weighted by atomic mass is 9.88. The molecule has 0 aromatic heterocycles. The summed E-state index contributed by atoms with van der Waals surface area (Å²) in [5.41, 5.74) is 4.57. The second kappa shape index (κ2) is 11.8. The number of unbranched alkanes of at least 4 members (excludes halogenated alkanes) is 1. The third-order valence-electron chi connectivity index (χ3n) is 5.40. The number of thioether (sulfide) groups is 1. The highest BCUT2D eigenvalue weighted by Crippen LogP contribution is 2.34. The zero-order chi connectivity index (χ0) is 21.3. The van der Waals surface area contributed by atoms with E-state index in [1.807, 2.05) is 12.2 Å². The molecule has 0 aromatic carbocycles. The van der Waals surface area contributed by atoms with Crippen molar-refractivity contribution in [3.8, 4) is 0 Å². The van der Waals surface area contributed by atoms with Crippen LogP contribution < -0.4 is 5.73 Å². The number of aliphatic carboxylic acids is 1. The number of hydrogen-bond acceptors (Lipinski definition) is 5. The van der Waals surface area contributed by atoms with E-state index in [9.17, 15) is 15.0 Å². The van der Waals surface area contributed by atoms with Gasteiger partial charge in [0.05, 0.1) is 12.6 Å². The maximum atomic E-state index is 11.8. The van der Waals surface area contributed by atoms with Crippen molar-refractivity contribution in [2.24, 2.45) is 17.6 Å². The topological polar surface area (TPSA) is 92.8 Å². The molecule has 29 heavy (non-hydrogen) atoms. The normalized spacial score (nSPS) is 20.4. The smallest absolute Gasteiger partial charge is 0.337 e. The van der Waals surface area contributed by atoms with Crippen LogP contribution in [0.2, 0.25) is 0 Å². The van der Waals surface area contributed by atoms with Gasteiger partial charge in [0.1, 0.15) is 5.76 Å². The summed E-state index contributed by atoms with van der Waals surface area (Å²) in [5, 5.41) is 20.4. The molecule has 0 aromatic rings. The predicted molar refractivity (Wildman–Crippen MR) is 120 cm³/mol. The SMILES string of the molecule is C=C(/C=C(\C=C/CCC)OCCC1CC1)CC(O)(C(=O)O)C(N)CSCC1CC1. The summed E-state index contributed by atoms with van der Waals surface area (Å²) >= 11 is 1.62. The summed E-state index contributed by atoms with van der Waals surface area (Å²) < 4.78 is 5.89. The maximum absolute atomic E-state index is 11.8. The molecule has 0 radical (unpaired) electrons. The van der Waals surface area contributed by atoms with Gasteiger partial charge < -0.3 is 20.7 Å². The minimum Gasteiger partial charge on any atom is -0.494 e. The number of carboxylic acids is 1. The van der Waals surface area contributed by atoms with Gasteiger partial charge in [0.2, 0.25) is 0 Å². The van der Waals surface area contributed by atoms with Gasteiger partial charge in [-0.05, 0) is 61.0 Å². The Hall–Kier alpha value is -1.24. The molecule has 5 nitrogen and oxygen atoms in total. The fourth-order valence-corrected chi connectivity index (χ4v) is 4.33. The van der Waals surface area contributed by atoms with Crippen LogP contribution in [0.3, 0.4) is 0 Å². The van der Waals surface area contributed by atoms with Crippen molar-refractivity contribution < 1.29 is 19.7 Å². The third-order valence-corrected chi connectivity index (χ3v) is 6.71. The average molecular weight is 424 g/mol. The van der Waals surface area contributed by atoms with E-state index in [0.29, 0.717) is 23.7 Å². The molecule has 0 spiro atoms. The van der Waals surface area contributed by atoms with Gasteiger partial charge in [-0.3, -0.25) is 0 Å². The van der Waals surface area contributed by atoms with Crippen molar-refractivity contribution in [2.75, 3.05) is 18.1 Å². The first-order chi connectivity index (χ1) is 13.8. The van der Waals surface area contributed by atoms with E-state index in [-0.39, 0.29) is 6.42 Å². The van der Waals surface area contributed by atoms with E-state index < -0.39 is 17.6 Å². The van der Waals surface area contributed by atoms with Gasteiger partial charge in [-0.2, -0.15) is 11.8 Å². The summed E-state index contributed by atoms with van der Waals surface area (Å²) in [5.74, 6) is 2.26. The van der Waals surface area contributed by atoms with Crippen LogP contribution in [-0.2, 0) is 9.53 Å². The number of aliphatic hydroxyl groups is 1. The molecule has 0 aliphatic heterocycles. The summed E-state index contributed by atoms with van der Waals surface area (Å²) in [6.45, 7) is 6.72. The van der Waals surface area contributed by atoms with Crippen molar-refractivity contribution >= 4 is 17.7 Å². The quantitative estimate of drug-likeness (QED) is 0.253. The number of ether oxygens (including phenoxy) is 1. The first kappa shape index (κ1) is 24.0. The molecule has 2 unspecified atom stereocenters. The zero-order valence-electron chi connectivity index (χ0n) is 17.6. The van der Waals surface area contributed by atoms with Crippen LogP contribution >= 0.6 is 11.8 Å². The molecule has 0 amide bonds. The molecule has 0 saturated heterocycles. The fraction of sp³-hybridized carbons (Fsp3) is 0.696. The van der Waals surface area contributed by atoms with E-state index in [0.717, 1.165) is 36.9 Å². The van der Waals surface area contributed by atoms with Gasteiger partial charge in [-0.15, -0.1) is 0 Å². The van der Waals surface area contributed by atoms with Gasteiger partial charge >= 0.3 is 5.97 Å². The summed E-state index contributed by atoms with van der Waals surface area (Å²) in [6.07, 6.45) is 13.6. The van der Waals surface area contributed by atoms with Crippen LogP contribution in [-0.4, -0.2) is 45.9 Å². The molecular weight excluding hydrogens is 386 g/mol. The van der Waals surface area contributed by atoms with Crippen molar-refractivity contribution in [1.29, 1.82) is 0 Å².